The smallest absolute Gasteiger partial charge is 0.204 e. The van der Waals surface area contributed by atoms with Gasteiger partial charge < -0.3 is 0 Å². The maximum atomic E-state index is 4.44. The third-order valence-electron chi connectivity index (χ3n) is 2.47. The summed E-state index contributed by atoms with van der Waals surface area (Å²) in [5.41, 5.74) is 5.02. The van der Waals surface area contributed by atoms with E-state index >= 15 is 0 Å². The normalized spacial score (nSPS) is 11.1. The number of thiazole rings is 1. The Balaban J connectivity index is 1.75. The Bertz CT molecular complexity index is 641. The van der Waals surface area contributed by atoms with Gasteiger partial charge in [0.15, 0.2) is 0 Å². The van der Waals surface area contributed by atoms with Crippen LogP contribution in [0.15, 0.2) is 59.7 Å². The molecule has 1 N–H and O–H groups in total. The summed E-state index contributed by atoms with van der Waals surface area (Å²) in [7, 11) is 0. The molecule has 18 heavy (non-hydrogen) atoms. The fourth-order valence-electron chi connectivity index (χ4n) is 1.62. The summed E-state index contributed by atoms with van der Waals surface area (Å²) in [6.07, 6.45) is 1.78. The van der Waals surface area contributed by atoms with Crippen molar-refractivity contribution in [1.82, 2.24) is 4.98 Å². The van der Waals surface area contributed by atoms with E-state index in [0.29, 0.717) is 0 Å². The number of hydrogen-bond donors (Lipinski definition) is 1. The lowest BCUT2D eigenvalue weighted by molar-refractivity contribution is 1.31. The molecule has 0 radical (unpaired) electrons. The maximum absolute atomic E-state index is 4.44. The van der Waals surface area contributed by atoms with Crippen molar-refractivity contribution in [1.29, 1.82) is 0 Å². The van der Waals surface area contributed by atoms with Crippen molar-refractivity contribution in [2.24, 2.45) is 5.10 Å². The Morgan fingerprint density at radius 1 is 1.00 bits per heavy atom. The van der Waals surface area contributed by atoms with E-state index in [0.717, 1.165) is 20.9 Å². The van der Waals surface area contributed by atoms with Crippen LogP contribution in [0.3, 0.4) is 0 Å². The van der Waals surface area contributed by atoms with Crippen molar-refractivity contribution < 1.29 is 0 Å². The number of benzene rings is 2. The van der Waals surface area contributed by atoms with Crippen molar-refractivity contribution >= 4 is 32.9 Å². The lowest BCUT2D eigenvalue weighted by atomic mass is 10.2. The fraction of sp³-hybridized carbons (Fsp3) is 0. The molecule has 0 aliphatic rings. The van der Waals surface area contributed by atoms with E-state index < -0.39 is 0 Å². The molecule has 0 aliphatic carbocycles. The van der Waals surface area contributed by atoms with Gasteiger partial charge in [-0.15, -0.1) is 0 Å². The minimum Gasteiger partial charge on any atom is -0.253 e. The van der Waals surface area contributed by atoms with Crippen LogP contribution in [0.4, 0.5) is 5.13 Å². The maximum Gasteiger partial charge on any atom is 0.204 e. The van der Waals surface area contributed by atoms with Crippen LogP contribution in [0.1, 0.15) is 5.56 Å². The zero-order chi connectivity index (χ0) is 12.2. The topological polar surface area (TPSA) is 37.3 Å². The van der Waals surface area contributed by atoms with Crippen molar-refractivity contribution in [2.45, 2.75) is 0 Å². The monoisotopic (exact) mass is 253 g/mol. The molecule has 3 rings (SSSR count). The van der Waals surface area contributed by atoms with Crippen molar-refractivity contribution in [3.8, 4) is 0 Å². The number of nitrogens with zero attached hydrogens (tertiary/aromatic N) is 2. The molecule has 0 saturated heterocycles. The van der Waals surface area contributed by atoms with Crippen molar-refractivity contribution in [3.05, 3.63) is 60.2 Å². The summed E-state index contributed by atoms with van der Waals surface area (Å²) in [5, 5.41) is 4.99. The van der Waals surface area contributed by atoms with Crippen LogP contribution < -0.4 is 5.43 Å². The number of hydrazone groups is 1. The standard InChI is InChI=1S/C14H11N3S/c1-2-6-11(7-3-1)10-15-17-14-16-12-8-4-5-9-13(12)18-14/h1-10H,(H,16,17)/b15-10+. The number of rotatable bonds is 3. The van der Waals surface area contributed by atoms with E-state index in [1.54, 1.807) is 17.6 Å². The molecule has 3 aromatic rings. The zero-order valence-corrected chi connectivity index (χ0v) is 10.4. The SMILES string of the molecule is C(=N\Nc1nc2ccccc2s1)/c1ccccc1. The van der Waals surface area contributed by atoms with Crippen LogP contribution in [0, 0.1) is 0 Å². The fourth-order valence-corrected chi connectivity index (χ4v) is 2.44. The second kappa shape index (κ2) is 4.98. The third-order valence-corrected chi connectivity index (χ3v) is 3.41. The molecule has 1 heterocycles. The Labute approximate surface area is 109 Å². The van der Waals surface area contributed by atoms with Gasteiger partial charge in [-0.1, -0.05) is 53.8 Å². The summed E-state index contributed by atoms with van der Waals surface area (Å²) in [6, 6.07) is 18.0. The average Bonchev–Trinajstić information content (AvgIpc) is 2.82. The molecule has 4 heteroatoms. The first-order valence-corrected chi connectivity index (χ1v) is 6.43. The lowest BCUT2D eigenvalue weighted by Crippen LogP contribution is -1.89. The number of anilines is 1. The van der Waals surface area contributed by atoms with E-state index in [1.807, 2.05) is 48.5 Å². The van der Waals surface area contributed by atoms with Gasteiger partial charge in [-0.3, -0.25) is 5.43 Å². The van der Waals surface area contributed by atoms with Crippen LogP contribution >= 0.6 is 11.3 Å². The summed E-state index contributed by atoms with van der Waals surface area (Å²) in [5.74, 6) is 0. The molecule has 88 valence electrons. The largest absolute Gasteiger partial charge is 0.253 e. The number of aromatic nitrogens is 1. The Morgan fingerprint density at radius 3 is 2.61 bits per heavy atom. The number of hydrogen-bond acceptors (Lipinski definition) is 4. The first-order valence-electron chi connectivity index (χ1n) is 5.61. The van der Waals surface area contributed by atoms with E-state index in [-0.39, 0.29) is 0 Å². The van der Waals surface area contributed by atoms with Gasteiger partial charge in [0.2, 0.25) is 5.13 Å². The highest BCUT2D eigenvalue weighted by Crippen LogP contribution is 2.25. The summed E-state index contributed by atoms with van der Waals surface area (Å²) < 4.78 is 1.16. The first kappa shape index (κ1) is 10.9. The van der Waals surface area contributed by atoms with Gasteiger partial charge in [-0.05, 0) is 17.7 Å². The molecular formula is C14H11N3S. The minimum absolute atomic E-state index is 0.809. The highest BCUT2D eigenvalue weighted by atomic mass is 32.1. The van der Waals surface area contributed by atoms with Gasteiger partial charge >= 0.3 is 0 Å². The van der Waals surface area contributed by atoms with Gasteiger partial charge in [-0.2, -0.15) is 5.10 Å². The van der Waals surface area contributed by atoms with E-state index in [9.17, 15) is 0 Å². The van der Waals surface area contributed by atoms with Gasteiger partial charge in [-0.25, -0.2) is 4.98 Å². The van der Waals surface area contributed by atoms with Gasteiger partial charge in [0.05, 0.1) is 16.4 Å². The quantitative estimate of drug-likeness (QED) is 0.570. The lowest BCUT2D eigenvalue weighted by Gasteiger charge is -1.92. The number of nitrogens with one attached hydrogen (secondary N) is 1. The molecular weight excluding hydrogens is 242 g/mol. The second-order valence-electron chi connectivity index (χ2n) is 3.77. The molecule has 0 aliphatic heterocycles. The first-order chi connectivity index (χ1) is 8.92. The molecule has 0 amide bonds. The summed E-state index contributed by atoms with van der Waals surface area (Å²) >= 11 is 1.60. The highest BCUT2D eigenvalue weighted by molar-refractivity contribution is 7.22. The van der Waals surface area contributed by atoms with Crippen LogP contribution in [0.25, 0.3) is 10.2 Å². The van der Waals surface area contributed by atoms with Crippen molar-refractivity contribution in [3.63, 3.8) is 0 Å². The molecule has 0 unspecified atom stereocenters. The highest BCUT2D eigenvalue weighted by Gasteiger charge is 2.00. The molecule has 3 nitrogen and oxygen atoms in total. The van der Waals surface area contributed by atoms with Gasteiger partial charge in [0.1, 0.15) is 0 Å². The predicted molar refractivity (Wildman–Crippen MR) is 77.3 cm³/mol. The molecule has 1 aromatic heterocycles. The molecule has 2 aromatic carbocycles. The van der Waals surface area contributed by atoms with Crippen LogP contribution in [0.5, 0.6) is 0 Å². The Kier molecular flexibility index (Phi) is 3.02. The van der Waals surface area contributed by atoms with E-state index in [4.69, 9.17) is 0 Å². The molecule has 0 atom stereocenters. The second-order valence-corrected chi connectivity index (χ2v) is 4.80. The van der Waals surface area contributed by atoms with Crippen LogP contribution in [0.2, 0.25) is 0 Å². The number of para-hydroxylation sites is 1. The Hall–Kier alpha value is -2.20. The predicted octanol–water partition coefficient (Wildman–Crippen LogP) is 3.74. The summed E-state index contributed by atoms with van der Waals surface area (Å²) in [6.45, 7) is 0. The van der Waals surface area contributed by atoms with Crippen LogP contribution in [-0.2, 0) is 0 Å². The molecule has 0 fully saturated rings. The van der Waals surface area contributed by atoms with Crippen molar-refractivity contribution in [2.75, 3.05) is 5.43 Å². The summed E-state index contributed by atoms with van der Waals surface area (Å²) in [4.78, 5) is 4.44. The molecule has 0 saturated carbocycles. The Morgan fingerprint density at radius 2 is 1.78 bits per heavy atom. The minimum atomic E-state index is 0.809. The average molecular weight is 253 g/mol. The van der Waals surface area contributed by atoms with E-state index in [2.05, 4.69) is 21.6 Å². The zero-order valence-electron chi connectivity index (χ0n) is 9.58. The number of fused-ring (bicyclic) bond motifs is 1. The third kappa shape index (κ3) is 2.38. The van der Waals surface area contributed by atoms with Crippen LogP contribution in [-0.4, -0.2) is 11.2 Å². The van der Waals surface area contributed by atoms with Gasteiger partial charge in [0.25, 0.3) is 0 Å². The van der Waals surface area contributed by atoms with Gasteiger partial charge in [0, 0.05) is 0 Å². The molecule has 0 bridgehead atoms. The molecule has 0 spiro atoms. The van der Waals surface area contributed by atoms with E-state index in [1.165, 1.54) is 0 Å².